The first-order valence-electron chi connectivity index (χ1n) is 9.28. The van der Waals surface area contributed by atoms with Gasteiger partial charge < -0.3 is 11.1 Å². The molecule has 7 heteroatoms. The van der Waals surface area contributed by atoms with Crippen molar-refractivity contribution in [3.63, 3.8) is 0 Å². The Morgan fingerprint density at radius 2 is 1.89 bits per heavy atom. The quantitative estimate of drug-likeness (QED) is 0.658. The van der Waals surface area contributed by atoms with Gasteiger partial charge >= 0.3 is 0 Å². The lowest BCUT2D eigenvalue weighted by Gasteiger charge is -2.33. The Morgan fingerprint density at radius 3 is 2.50 bits per heavy atom. The Bertz CT molecular complexity index is 914. The Balaban J connectivity index is 1.79. The fourth-order valence-electron chi connectivity index (χ4n) is 3.57. The largest absolute Gasteiger partial charge is 0.365 e. The van der Waals surface area contributed by atoms with E-state index in [-0.39, 0.29) is 16.4 Å². The highest BCUT2D eigenvalue weighted by atomic mass is 32.1. The lowest BCUT2D eigenvalue weighted by Crippen LogP contribution is -2.34. The molecule has 0 fully saturated rings. The number of benzene rings is 1. The van der Waals surface area contributed by atoms with E-state index in [1.54, 1.807) is 24.3 Å². The van der Waals surface area contributed by atoms with Crippen molar-refractivity contribution >= 4 is 45.5 Å². The van der Waals surface area contributed by atoms with Crippen LogP contribution in [0.2, 0.25) is 0 Å². The van der Waals surface area contributed by atoms with E-state index in [2.05, 4.69) is 31.4 Å². The van der Waals surface area contributed by atoms with Crippen molar-refractivity contribution in [1.29, 1.82) is 0 Å². The number of anilines is 1. The summed E-state index contributed by atoms with van der Waals surface area (Å²) >= 11 is 6.80. The van der Waals surface area contributed by atoms with Crippen molar-refractivity contribution in [2.75, 3.05) is 5.32 Å². The first kappa shape index (κ1) is 20.5. The zero-order valence-electron chi connectivity index (χ0n) is 16.3. The van der Waals surface area contributed by atoms with E-state index in [4.69, 9.17) is 18.0 Å². The maximum absolute atomic E-state index is 12.3. The monoisotopic (exact) mass is 415 g/mol. The topological polar surface area (TPSA) is 84.2 Å². The molecule has 0 aliphatic heterocycles. The molecule has 0 bridgehead atoms. The van der Waals surface area contributed by atoms with E-state index < -0.39 is 5.91 Å². The standard InChI is InChI=1S/C21H25N3O2S2/c1-21(2,3)13-9-10-14-15(11-13)28-19(16(14)17(22)25)24-20(27)23-18(26)12-7-5-4-6-8-12/h4-8,13H,9-11H2,1-3H3,(H2,22,25)(H2,23,24,26,27)/t13-/m0/s1. The van der Waals surface area contributed by atoms with Gasteiger partial charge in [0.2, 0.25) is 0 Å². The first-order valence-corrected chi connectivity index (χ1v) is 10.5. The van der Waals surface area contributed by atoms with E-state index in [0.29, 0.717) is 22.0 Å². The number of fused-ring (bicyclic) bond motifs is 1. The molecular weight excluding hydrogens is 390 g/mol. The second kappa shape index (κ2) is 8.01. The van der Waals surface area contributed by atoms with E-state index in [1.165, 1.54) is 16.2 Å². The number of primary amides is 1. The van der Waals surface area contributed by atoms with E-state index in [9.17, 15) is 9.59 Å². The number of carbonyl (C=O) groups is 2. The van der Waals surface area contributed by atoms with Crippen molar-refractivity contribution in [2.24, 2.45) is 17.1 Å². The van der Waals surface area contributed by atoms with Gasteiger partial charge in [-0.3, -0.25) is 14.9 Å². The number of nitrogens with two attached hydrogens (primary N) is 1. The molecule has 1 aromatic heterocycles. The number of amides is 2. The predicted molar refractivity (Wildman–Crippen MR) is 118 cm³/mol. The maximum Gasteiger partial charge on any atom is 0.257 e. The average Bonchev–Trinajstić information content (AvgIpc) is 2.98. The number of carbonyl (C=O) groups excluding carboxylic acids is 2. The highest BCUT2D eigenvalue weighted by Crippen LogP contribution is 2.44. The van der Waals surface area contributed by atoms with Crippen LogP contribution >= 0.6 is 23.6 Å². The minimum atomic E-state index is -0.466. The van der Waals surface area contributed by atoms with Gasteiger partial charge in [0.05, 0.1) is 5.56 Å². The van der Waals surface area contributed by atoms with Gasteiger partial charge in [0.25, 0.3) is 11.8 Å². The molecule has 0 saturated carbocycles. The summed E-state index contributed by atoms with van der Waals surface area (Å²) in [4.78, 5) is 25.6. The minimum Gasteiger partial charge on any atom is -0.365 e. The zero-order valence-corrected chi connectivity index (χ0v) is 17.9. The zero-order chi connectivity index (χ0) is 20.5. The third-order valence-corrected chi connectivity index (χ3v) is 6.60. The second-order valence-corrected chi connectivity index (χ2v) is 9.67. The van der Waals surface area contributed by atoms with Crippen molar-refractivity contribution in [3.05, 3.63) is 51.9 Å². The van der Waals surface area contributed by atoms with Crippen LogP contribution in [0.5, 0.6) is 0 Å². The molecule has 1 aliphatic carbocycles. The Hall–Kier alpha value is -2.25. The number of hydrogen-bond acceptors (Lipinski definition) is 4. The molecule has 0 saturated heterocycles. The molecule has 28 heavy (non-hydrogen) atoms. The number of hydrogen-bond donors (Lipinski definition) is 3. The molecule has 2 aromatic rings. The van der Waals surface area contributed by atoms with E-state index >= 15 is 0 Å². The van der Waals surface area contributed by atoms with Gasteiger partial charge in [-0.05, 0) is 60.5 Å². The third kappa shape index (κ3) is 4.42. The number of nitrogens with one attached hydrogen (secondary N) is 2. The summed E-state index contributed by atoms with van der Waals surface area (Å²) in [7, 11) is 0. The summed E-state index contributed by atoms with van der Waals surface area (Å²) in [5, 5.41) is 6.45. The smallest absolute Gasteiger partial charge is 0.257 e. The number of rotatable bonds is 3. The summed E-state index contributed by atoms with van der Waals surface area (Å²) in [5.41, 5.74) is 7.92. The molecule has 4 N–H and O–H groups in total. The molecule has 3 rings (SSSR count). The molecule has 5 nitrogen and oxygen atoms in total. The summed E-state index contributed by atoms with van der Waals surface area (Å²) in [6.45, 7) is 6.75. The minimum absolute atomic E-state index is 0.155. The Labute approximate surface area is 174 Å². The van der Waals surface area contributed by atoms with Gasteiger partial charge in [-0.25, -0.2) is 0 Å². The van der Waals surface area contributed by atoms with Gasteiger partial charge in [0, 0.05) is 10.4 Å². The SMILES string of the molecule is CC(C)(C)[C@H]1CCc2c(sc(NC(=S)NC(=O)c3ccccc3)c2C(N)=O)C1. The van der Waals surface area contributed by atoms with Crippen LogP contribution in [0.4, 0.5) is 5.00 Å². The van der Waals surface area contributed by atoms with Gasteiger partial charge in [-0.1, -0.05) is 39.0 Å². The van der Waals surface area contributed by atoms with Crippen LogP contribution in [0.25, 0.3) is 0 Å². The molecule has 0 spiro atoms. The summed E-state index contributed by atoms with van der Waals surface area (Å²) in [6, 6.07) is 8.84. The van der Waals surface area contributed by atoms with Gasteiger partial charge in [-0.2, -0.15) is 0 Å². The maximum atomic E-state index is 12.3. The molecule has 1 aromatic carbocycles. The fraction of sp³-hybridized carbons (Fsp3) is 0.381. The fourth-order valence-corrected chi connectivity index (χ4v) is 5.17. The van der Waals surface area contributed by atoms with Crippen molar-refractivity contribution in [3.8, 4) is 0 Å². The first-order chi connectivity index (χ1) is 13.2. The van der Waals surface area contributed by atoms with Gasteiger partial charge in [-0.15, -0.1) is 11.3 Å². The third-order valence-electron chi connectivity index (χ3n) is 5.23. The van der Waals surface area contributed by atoms with Crippen molar-refractivity contribution in [1.82, 2.24) is 5.32 Å². The van der Waals surface area contributed by atoms with Crippen LogP contribution in [-0.2, 0) is 12.8 Å². The normalized spacial score (nSPS) is 16.2. The lowest BCUT2D eigenvalue weighted by molar-refractivity contribution is 0.0975. The average molecular weight is 416 g/mol. The van der Waals surface area contributed by atoms with Crippen LogP contribution < -0.4 is 16.4 Å². The van der Waals surface area contributed by atoms with Crippen molar-refractivity contribution in [2.45, 2.75) is 40.0 Å². The molecule has 1 atom stereocenters. The molecule has 0 unspecified atom stereocenters. The van der Waals surface area contributed by atoms with Gasteiger partial charge in [0.1, 0.15) is 5.00 Å². The molecule has 1 heterocycles. The molecule has 1 aliphatic rings. The molecular formula is C21H25N3O2S2. The predicted octanol–water partition coefficient (Wildman–Crippen LogP) is 4.12. The summed E-state index contributed by atoms with van der Waals surface area (Å²) in [6.07, 6.45) is 2.79. The van der Waals surface area contributed by atoms with Crippen LogP contribution in [0.3, 0.4) is 0 Å². The Kier molecular flexibility index (Phi) is 5.86. The summed E-state index contributed by atoms with van der Waals surface area (Å²) < 4.78 is 0. The van der Waals surface area contributed by atoms with E-state index in [0.717, 1.165) is 24.8 Å². The molecule has 2 amide bonds. The van der Waals surface area contributed by atoms with Crippen LogP contribution in [0, 0.1) is 11.3 Å². The Morgan fingerprint density at radius 1 is 1.21 bits per heavy atom. The summed E-state index contributed by atoms with van der Waals surface area (Å²) in [5.74, 6) is -0.212. The molecule has 0 radical (unpaired) electrons. The second-order valence-electron chi connectivity index (χ2n) is 8.15. The van der Waals surface area contributed by atoms with E-state index in [1.807, 2.05) is 6.07 Å². The number of thiophene rings is 1. The van der Waals surface area contributed by atoms with Crippen LogP contribution in [0.15, 0.2) is 30.3 Å². The van der Waals surface area contributed by atoms with Crippen LogP contribution in [-0.4, -0.2) is 16.9 Å². The van der Waals surface area contributed by atoms with Gasteiger partial charge in [0.15, 0.2) is 5.11 Å². The molecule has 148 valence electrons. The lowest BCUT2D eigenvalue weighted by atomic mass is 9.72. The highest BCUT2D eigenvalue weighted by Gasteiger charge is 2.33. The van der Waals surface area contributed by atoms with Crippen molar-refractivity contribution < 1.29 is 9.59 Å². The highest BCUT2D eigenvalue weighted by molar-refractivity contribution is 7.80. The van der Waals surface area contributed by atoms with Crippen LogP contribution in [0.1, 0.15) is 58.3 Å². The number of thiocarbonyl (C=S) groups is 1.